The van der Waals surface area contributed by atoms with Crippen LogP contribution in [0.15, 0.2) is 182 Å². The van der Waals surface area contributed by atoms with Crippen molar-refractivity contribution in [2.75, 3.05) is 0 Å². The van der Waals surface area contributed by atoms with Gasteiger partial charge in [0, 0.05) is 49.9 Å². The molecule has 0 aliphatic heterocycles. The quantitative estimate of drug-likeness (QED) is 0.182. The molecule has 4 aromatic heterocycles. The topological polar surface area (TPSA) is 27.7 Å². The van der Waals surface area contributed by atoms with Crippen LogP contribution in [0.5, 0.6) is 0 Å². The van der Waals surface area contributed by atoms with Gasteiger partial charge in [0.2, 0.25) is 0 Å². The average Bonchev–Trinajstić information content (AvgIpc) is 3.87. The van der Waals surface area contributed by atoms with Gasteiger partial charge in [0.05, 0.1) is 33.1 Å². The Kier molecular flexibility index (Phi) is 7.22. The van der Waals surface area contributed by atoms with Crippen molar-refractivity contribution >= 4 is 65.4 Å². The monoisotopic (exact) mass is 680 g/mol. The molecule has 4 heterocycles. The second-order valence-electron chi connectivity index (χ2n) is 13.2. The molecule has 11 aromatic rings. The number of aromatic nitrogens is 4. The van der Waals surface area contributed by atoms with Crippen molar-refractivity contribution < 1.29 is 0 Å². The van der Waals surface area contributed by atoms with E-state index in [1.165, 1.54) is 71.2 Å². The van der Waals surface area contributed by atoms with Gasteiger partial charge in [-0.15, -0.1) is 0 Å². The molecule has 53 heavy (non-hydrogen) atoms. The zero-order valence-electron chi connectivity index (χ0n) is 29.6. The van der Waals surface area contributed by atoms with E-state index in [4.69, 9.17) is 4.98 Å². The predicted molar refractivity (Wildman–Crippen MR) is 224 cm³/mol. The SMILES string of the molecule is CC.c1ccc(-n2c3ccccc3c3cc(-n4c5ccccc5c5cc(-c6ccc7c(c6)c6ccccc6n7-c6ccccn6)ccc54)ccc32)cc1. The van der Waals surface area contributed by atoms with Gasteiger partial charge >= 0.3 is 0 Å². The van der Waals surface area contributed by atoms with E-state index in [9.17, 15) is 0 Å². The maximum Gasteiger partial charge on any atom is 0.137 e. The molecule has 0 spiro atoms. The van der Waals surface area contributed by atoms with Crippen LogP contribution in [0.4, 0.5) is 0 Å². The number of pyridine rings is 1. The summed E-state index contributed by atoms with van der Waals surface area (Å²) in [7, 11) is 0. The summed E-state index contributed by atoms with van der Waals surface area (Å²) in [6.45, 7) is 4.00. The molecule has 4 heteroatoms. The zero-order valence-corrected chi connectivity index (χ0v) is 29.6. The first kappa shape index (κ1) is 30.9. The van der Waals surface area contributed by atoms with E-state index in [1.54, 1.807) is 0 Å². The van der Waals surface area contributed by atoms with E-state index >= 15 is 0 Å². The van der Waals surface area contributed by atoms with E-state index in [0.717, 1.165) is 22.5 Å². The molecule has 0 saturated heterocycles. The summed E-state index contributed by atoms with van der Waals surface area (Å²) >= 11 is 0. The molecule has 7 aromatic carbocycles. The molecule has 252 valence electrons. The predicted octanol–water partition coefficient (Wildman–Crippen LogP) is 13.1. The number of nitrogens with zero attached hydrogens (tertiary/aromatic N) is 4. The molecule has 0 aliphatic rings. The van der Waals surface area contributed by atoms with Crippen LogP contribution in [0.1, 0.15) is 13.8 Å². The molecule has 0 saturated carbocycles. The molecule has 0 amide bonds. The van der Waals surface area contributed by atoms with Gasteiger partial charge in [0.15, 0.2) is 0 Å². The van der Waals surface area contributed by atoms with Crippen LogP contribution in [0.25, 0.3) is 93.7 Å². The molecule has 0 unspecified atom stereocenters. The van der Waals surface area contributed by atoms with Crippen molar-refractivity contribution in [1.82, 2.24) is 18.7 Å². The van der Waals surface area contributed by atoms with Crippen LogP contribution < -0.4 is 0 Å². The van der Waals surface area contributed by atoms with Crippen molar-refractivity contribution in [3.63, 3.8) is 0 Å². The molecule has 11 rings (SSSR count). The Morgan fingerprint density at radius 2 is 0.755 bits per heavy atom. The second kappa shape index (κ2) is 12.4. The lowest BCUT2D eigenvalue weighted by Crippen LogP contribution is -1.96. The number of hydrogen-bond donors (Lipinski definition) is 0. The molecule has 0 bridgehead atoms. The van der Waals surface area contributed by atoms with Gasteiger partial charge in [-0.2, -0.15) is 0 Å². The smallest absolute Gasteiger partial charge is 0.137 e. The highest BCUT2D eigenvalue weighted by molar-refractivity contribution is 6.14. The van der Waals surface area contributed by atoms with Gasteiger partial charge in [0.1, 0.15) is 5.82 Å². The van der Waals surface area contributed by atoms with Crippen molar-refractivity contribution in [3.05, 3.63) is 182 Å². The normalized spacial score (nSPS) is 11.6. The molecule has 0 atom stereocenters. The van der Waals surface area contributed by atoms with Gasteiger partial charge < -0.3 is 9.13 Å². The first-order valence-electron chi connectivity index (χ1n) is 18.4. The molecule has 0 radical (unpaired) electrons. The number of rotatable bonds is 4. The van der Waals surface area contributed by atoms with E-state index in [1.807, 2.05) is 32.2 Å². The summed E-state index contributed by atoms with van der Waals surface area (Å²) in [5, 5.41) is 7.43. The third kappa shape index (κ3) is 4.73. The maximum atomic E-state index is 4.70. The zero-order chi connectivity index (χ0) is 35.5. The maximum absolute atomic E-state index is 4.70. The van der Waals surface area contributed by atoms with Crippen LogP contribution >= 0.6 is 0 Å². The summed E-state index contributed by atoms with van der Waals surface area (Å²) in [4.78, 5) is 4.70. The first-order valence-corrected chi connectivity index (χ1v) is 18.4. The largest absolute Gasteiger partial charge is 0.309 e. The third-order valence-electron chi connectivity index (χ3n) is 10.5. The second-order valence-corrected chi connectivity index (χ2v) is 13.2. The van der Waals surface area contributed by atoms with Crippen LogP contribution in [-0.4, -0.2) is 18.7 Å². The highest BCUT2D eigenvalue weighted by Gasteiger charge is 2.18. The van der Waals surface area contributed by atoms with Crippen LogP contribution in [0.3, 0.4) is 0 Å². The Labute approximate surface area is 307 Å². The lowest BCUT2D eigenvalue weighted by molar-refractivity contribution is 1.08. The fraction of sp³-hybridized carbons (Fsp3) is 0.0408. The van der Waals surface area contributed by atoms with Crippen LogP contribution in [0, 0.1) is 0 Å². The molecule has 0 fully saturated rings. The summed E-state index contributed by atoms with van der Waals surface area (Å²) in [5.41, 5.74) is 11.8. The van der Waals surface area contributed by atoms with Crippen molar-refractivity contribution in [2.45, 2.75) is 13.8 Å². The molecule has 0 N–H and O–H groups in total. The fourth-order valence-electron chi connectivity index (χ4n) is 8.27. The van der Waals surface area contributed by atoms with Crippen molar-refractivity contribution in [1.29, 1.82) is 0 Å². The highest BCUT2D eigenvalue weighted by atomic mass is 15.1. The van der Waals surface area contributed by atoms with Gasteiger partial charge in [-0.05, 0) is 96.1 Å². The minimum Gasteiger partial charge on any atom is -0.309 e. The lowest BCUT2D eigenvalue weighted by atomic mass is 10.0. The number of para-hydroxylation sites is 4. The van der Waals surface area contributed by atoms with Crippen molar-refractivity contribution in [3.8, 4) is 28.3 Å². The molecule has 0 aliphatic carbocycles. The number of hydrogen-bond acceptors (Lipinski definition) is 1. The lowest BCUT2D eigenvalue weighted by Gasteiger charge is -2.11. The van der Waals surface area contributed by atoms with Gasteiger partial charge in [-0.3, -0.25) is 4.57 Å². The van der Waals surface area contributed by atoms with Gasteiger partial charge in [0.25, 0.3) is 0 Å². The Balaban J connectivity index is 0.00000172. The Morgan fingerprint density at radius 1 is 0.321 bits per heavy atom. The number of fused-ring (bicyclic) bond motifs is 9. The number of benzene rings is 7. The Morgan fingerprint density at radius 3 is 1.32 bits per heavy atom. The third-order valence-corrected chi connectivity index (χ3v) is 10.5. The fourth-order valence-corrected chi connectivity index (χ4v) is 8.27. The van der Waals surface area contributed by atoms with E-state index in [2.05, 4.69) is 177 Å². The summed E-state index contributed by atoms with van der Waals surface area (Å²) in [5.74, 6) is 0.925. The van der Waals surface area contributed by atoms with E-state index < -0.39 is 0 Å². The Hall–Kier alpha value is -6.91. The average molecular weight is 681 g/mol. The summed E-state index contributed by atoms with van der Waals surface area (Å²) in [6, 6.07) is 63.5. The van der Waals surface area contributed by atoms with Gasteiger partial charge in [-0.25, -0.2) is 4.98 Å². The van der Waals surface area contributed by atoms with Crippen LogP contribution in [0.2, 0.25) is 0 Å². The minimum atomic E-state index is 0.925. The highest BCUT2D eigenvalue weighted by Crippen LogP contribution is 2.39. The van der Waals surface area contributed by atoms with Crippen molar-refractivity contribution in [2.24, 2.45) is 0 Å². The van der Waals surface area contributed by atoms with Crippen LogP contribution in [-0.2, 0) is 0 Å². The molecular weight excluding hydrogens is 645 g/mol. The van der Waals surface area contributed by atoms with E-state index in [-0.39, 0.29) is 0 Å². The Bertz CT molecular complexity index is 3130. The molecular formula is C49H36N4. The summed E-state index contributed by atoms with van der Waals surface area (Å²) in [6.07, 6.45) is 1.86. The first-order chi connectivity index (χ1) is 26.3. The molecule has 4 nitrogen and oxygen atoms in total. The van der Waals surface area contributed by atoms with Gasteiger partial charge in [-0.1, -0.05) is 105 Å². The summed E-state index contributed by atoms with van der Waals surface area (Å²) < 4.78 is 7.06. The standard InChI is InChI=1S/C47H30N4.C2H6/c1-2-12-33(13-3-1)49-41-17-7-5-16-37(41)40-30-34(23-26-45(40)49)50-42-18-8-4-14-35(42)38-28-31(21-24-44(38)50)32-22-25-46-39(29-32)36-15-6-9-19-43(36)51(46)47-20-10-11-27-48-47;1-2/h1-30H;1-2H3. The minimum absolute atomic E-state index is 0.925. The van der Waals surface area contributed by atoms with E-state index in [0.29, 0.717) is 0 Å².